The minimum absolute atomic E-state index is 0.0565. The average molecular weight is 394 g/mol. The Labute approximate surface area is 168 Å². The fourth-order valence-corrected chi connectivity index (χ4v) is 3.81. The molecule has 0 saturated carbocycles. The van der Waals surface area contributed by atoms with Gasteiger partial charge in [-0.1, -0.05) is 36.4 Å². The lowest BCUT2D eigenvalue weighted by Gasteiger charge is -2.18. The van der Waals surface area contributed by atoms with Gasteiger partial charge in [-0.05, 0) is 59.0 Å². The molecule has 1 aromatic heterocycles. The summed E-state index contributed by atoms with van der Waals surface area (Å²) in [4.78, 5) is 24.3. The van der Waals surface area contributed by atoms with Gasteiger partial charge in [-0.3, -0.25) is 9.59 Å². The largest absolute Gasteiger partial charge is 0.489 e. The van der Waals surface area contributed by atoms with Crippen molar-refractivity contribution in [3.8, 4) is 5.75 Å². The standard InChI is InChI=1S/C23H22O4S/c1-16-5-2-3-8-20(16)21(9-10-22(24)25)23(26)18-6-4-7-19(13-18)27-14-17-11-12-28-15-17/h2-8,11-13,15,21H,9-10,14H2,1H3,(H,24,25)/t21-/m0/s1. The van der Waals surface area contributed by atoms with Crippen molar-refractivity contribution in [1.82, 2.24) is 0 Å². The molecular weight excluding hydrogens is 372 g/mol. The number of hydrogen-bond acceptors (Lipinski definition) is 4. The SMILES string of the molecule is Cc1ccccc1[C@H](CCC(=O)O)C(=O)c1cccc(OCc2ccsc2)c1. The normalized spacial score (nSPS) is 11.8. The number of ketones is 1. The lowest BCUT2D eigenvalue weighted by molar-refractivity contribution is -0.137. The molecule has 1 heterocycles. The van der Waals surface area contributed by atoms with Crippen molar-refractivity contribution in [2.75, 3.05) is 0 Å². The molecule has 0 radical (unpaired) electrons. The van der Waals surface area contributed by atoms with E-state index in [1.165, 1.54) is 0 Å². The number of ether oxygens (including phenoxy) is 1. The quantitative estimate of drug-likeness (QED) is 0.489. The minimum atomic E-state index is -0.903. The Morgan fingerprint density at radius 3 is 2.64 bits per heavy atom. The van der Waals surface area contributed by atoms with E-state index in [1.807, 2.05) is 54.1 Å². The maximum Gasteiger partial charge on any atom is 0.303 e. The molecule has 3 rings (SSSR count). The summed E-state index contributed by atoms with van der Waals surface area (Å²) in [5.74, 6) is -0.862. The monoisotopic (exact) mass is 394 g/mol. The summed E-state index contributed by atoms with van der Waals surface area (Å²) in [6.07, 6.45) is 0.206. The van der Waals surface area contributed by atoms with Crippen LogP contribution in [0.1, 0.15) is 45.8 Å². The second kappa shape index (κ2) is 9.33. The van der Waals surface area contributed by atoms with Crippen molar-refractivity contribution in [3.63, 3.8) is 0 Å². The van der Waals surface area contributed by atoms with Crippen LogP contribution in [0, 0.1) is 6.92 Å². The molecular formula is C23H22O4S. The van der Waals surface area contributed by atoms with Gasteiger partial charge in [0.25, 0.3) is 0 Å². The third-order valence-electron chi connectivity index (χ3n) is 4.63. The van der Waals surface area contributed by atoms with Crippen LogP contribution in [0.15, 0.2) is 65.4 Å². The maximum atomic E-state index is 13.2. The Bertz CT molecular complexity index is 947. The summed E-state index contributed by atoms with van der Waals surface area (Å²) in [5.41, 5.74) is 3.47. The second-order valence-corrected chi connectivity index (χ2v) is 7.43. The average Bonchev–Trinajstić information content (AvgIpc) is 3.21. The highest BCUT2D eigenvalue weighted by molar-refractivity contribution is 7.07. The minimum Gasteiger partial charge on any atom is -0.489 e. The van der Waals surface area contributed by atoms with Crippen molar-refractivity contribution in [2.45, 2.75) is 32.3 Å². The summed E-state index contributed by atoms with van der Waals surface area (Å²) >= 11 is 1.61. The number of carboxylic acids is 1. The number of carboxylic acid groups (broad SMARTS) is 1. The number of carbonyl (C=O) groups is 2. The third kappa shape index (κ3) is 5.08. The van der Waals surface area contributed by atoms with Crippen LogP contribution in [0.5, 0.6) is 5.75 Å². The van der Waals surface area contributed by atoms with E-state index in [-0.39, 0.29) is 18.6 Å². The molecule has 144 valence electrons. The number of aliphatic carboxylic acids is 1. The van der Waals surface area contributed by atoms with E-state index in [0.717, 1.165) is 16.7 Å². The van der Waals surface area contributed by atoms with Crippen LogP contribution in [0.2, 0.25) is 0 Å². The Kier molecular flexibility index (Phi) is 6.61. The van der Waals surface area contributed by atoms with Crippen molar-refractivity contribution in [3.05, 3.63) is 87.6 Å². The summed E-state index contributed by atoms with van der Waals surface area (Å²) in [7, 11) is 0. The Balaban J connectivity index is 1.82. The fraction of sp³-hybridized carbons (Fsp3) is 0.217. The van der Waals surface area contributed by atoms with Crippen molar-refractivity contribution >= 4 is 23.1 Å². The number of carbonyl (C=O) groups excluding carboxylic acids is 1. The first-order chi connectivity index (χ1) is 13.5. The molecule has 0 aliphatic carbocycles. The third-order valence-corrected chi connectivity index (χ3v) is 5.36. The van der Waals surface area contributed by atoms with Gasteiger partial charge in [0.05, 0.1) is 0 Å². The van der Waals surface area contributed by atoms with Gasteiger partial charge in [-0.25, -0.2) is 0 Å². The van der Waals surface area contributed by atoms with Crippen LogP contribution < -0.4 is 4.74 Å². The van der Waals surface area contributed by atoms with Crippen LogP contribution in [0.4, 0.5) is 0 Å². The van der Waals surface area contributed by atoms with E-state index in [2.05, 4.69) is 0 Å². The second-order valence-electron chi connectivity index (χ2n) is 6.65. The number of hydrogen-bond donors (Lipinski definition) is 1. The zero-order valence-electron chi connectivity index (χ0n) is 15.6. The molecule has 0 aliphatic heterocycles. The van der Waals surface area contributed by atoms with Gasteiger partial charge in [0.1, 0.15) is 12.4 Å². The summed E-state index contributed by atoms with van der Waals surface area (Å²) in [6, 6.07) is 16.7. The highest BCUT2D eigenvalue weighted by Gasteiger charge is 2.24. The first-order valence-corrected chi connectivity index (χ1v) is 10.0. The molecule has 4 nitrogen and oxygen atoms in total. The van der Waals surface area contributed by atoms with Gasteiger partial charge in [0, 0.05) is 17.9 Å². The van der Waals surface area contributed by atoms with Crippen LogP contribution in [-0.2, 0) is 11.4 Å². The number of benzene rings is 2. The molecule has 0 amide bonds. The maximum absolute atomic E-state index is 13.2. The first-order valence-electron chi connectivity index (χ1n) is 9.10. The number of rotatable bonds is 9. The van der Waals surface area contributed by atoms with E-state index in [4.69, 9.17) is 9.84 Å². The van der Waals surface area contributed by atoms with Gasteiger partial charge in [0.15, 0.2) is 5.78 Å². The molecule has 0 aliphatic rings. The Hall–Kier alpha value is -2.92. The Morgan fingerprint density at radius 2 is 1.93 bits per heavy atom. The highest BCUT2D eigenvalue weighted by Crippen LogP contribution is 2.29. The van der Waals surface area contributed by atoms with Gasteiger partial charge < -0.3 is 9.84 Å². The van der Waals surface area contributed by atoms with Crippen LogP contribution in [0.3, 0.4) is 0 Å². The molecule has 0 spiro atoms. The summed E-state index contributed by atoms with van der Waals surface area (Å²) in [5, 5.41) is 13.1. The van der Waals surface area contributed by atoms with Gasteiger partial charge in [-0.15, -0.1) is 0 Å². The van der Waals surface area contributed by atoms with E-state index in [9.17, 15) is 9.59 Å². The topological polar surface area (TPSA) is 63.6 Å². The predicted molar refractivity (Wildman–Crippen MR) is 110 cm³/mol. The zero-order chi connectivity index (χ0) is 19.9. The summed E-state index contributed by atoms with van der Waals surface area (Å²) < 4.78 is 5.81. The van der Waals surface area contributed by atoms with Crippen molar-refractivity contribution < 1.29 is 19.4 Å². The lowest BCUT2D eigenvalue weighted by Crippen LogP contribution is -2.16. The van der Waals surface area contributed by atoms with E-state index < -0.39 is 11.9 Å². The van der Waals surface area contributed by atoms with E-state index in [0.29, 0.717) is 17.9 Å². The molecule has 5 heteroatoms. The zero-order valence-corrected chi connectivity index (χ0v) is 16.4. The molecule has 28 heavy (non-hydrogen) atoms. The number of thiophene rings is 1. The molecule has 1 N–H and O–H groups in total. The van der Waals surface area contributed by atoms with Gasteiger partial charge in [0.2, 0.25) is 0 Å². The number of Topliss-reactive ketones (excluding diaryl/α,β-unsaturated/α-hetero) is 1. The van der Waals surface area contributed by atoms with Crippen LogP contribution in [0.25, 0.3) is 0 Å². The molecule has 3 aromatic rings. The first kappa shape index (κ1) is 19.8. The van der Waals surface area contributed by atoms with E-state index >= 15 is 0 Å². The highest BCUT2D eigenvalue weighted by atomic mass is 32.1. The fourth-order valence-electron chi connectivity index (χ4n) is 3.16. The Morgan fingerprint density at radius 1 is 1.11 bits per heavy atom. The van der Waals surface area contributed by atoms with Crippen LogP contribution >= 0.6 is 11.3 Å². The summed E-state index contributed by atoms with van der Waals surface area (Å²) in [6.45, 7) is 2.39. The lowest BCUT2D eigenvalue weighted by atomic mass is 9.85. The van der Waals surface area contributed by atoms with Crippen molar-refractivity contribution in [1.29, 1.82) is 0 Å². The van der Waals surface area contributed by atoms with Crippen molar-refractivity contribution in [2.24, 2.45) is 0 Å². The molecule has 0 bridgehead atoms. The van der Waals surface area contributed by atoms with Crippen LogP contribution in [-0.4, -0.2) is 16.9 Å². The smallest absolute Gasteiger partial charge is 0.303 e. The molecule has 0 saturated heterocycles. The van der Waals surface area contributed by atoms with E-state index in [1.54, 1.807) is 29.5 Å². The molecule has 2 aromatic carbocycles. The molecule has 1 atom stereocenters. The predicted octanol–water partition coefficient (Wildman–Crippen LogP) is 5.47. The molecule has 0 unspecified atom stereocenters. The number of aryl methyl sites for hydroxylation is 1. The van der Waals surface area contributed by atoms with Gasteiger partial charge in [-0.2, -0.15) is 11.3 Å². The molecule has 0 fully saturated rings. The van der Waals surface area contributed by atoms with Gasteiger partial charge >= 0.3 is 5.97 Å².